The fourth-order valence-electron chi connectivity index (χ4n) is 4.53. The average Bonchev–Trinajstić information content (AvgIpc) is 3.49. The van der Waals surface area contributed by atoms with Crippen LogP contribution in [0.15, 0.2) is 84.5 Å². The molecular weight excluding hydrogens is 600 g/mol. The van der Waals surface area contributed by atoms with Crippen LogP contribution in [-0.2, 0) is 9.53 Å². The normalized spacial score (nSPS) is 15.5. The molecule has 0 amide bonds. The van der Waals surface area contributed by atoms with Crippen LogP contribution >= 0.6 is 38.9 Å². The number of nitrogens with zero attached hydrogens (tertiary/aromatic N) is 2. The topological polar surface area (TPSA) is 73.8 Å². The van der Waals surface area contributed by atoms with E-state index in [4.69, 9.17) is 20.8 Å². The van der Waals surface area contributed by atoms with Crippen LogP contribution < -0.4 is 14.9 Å². The van der Waals surface area contributed by atoms with Gasteiger partial charge in [-0.3, -0.25) is 9.36 Å². The Labute approximate surface area is 243 Å². The molecule has 1 aliphatic heterocycles. The van der Waals surface area contributed by atoms with Crippen molar-refractivity contribution >= 4 is 50.9 Å². The number of fused-ring (bicyclic) bond motifs is 1. The van der Waals surface area contributed by atoms with Crippen LogP contribution in [-0.4, -0.2) is 17.1 Å². The van der Waals surface area contributed by atoms with Gasteiger partial charge in [-0.15, -0.1) is 0 Å². The zero-order valence-electron chi connectivity index (χ0n) is 21.8. The molecule has 39 heavy (non-hydrogen) atoms. The van der Waals surface area contributed by atoms with Crippen molar-refractivity contribution in [2.24, 2.45) is 4.99 Å². The van der Waals surface area contributed by atoms with Gasteiger partial charge in [0.15, 0.2) is 4.80 Å². The zero-order valence-corrected chi connectivity index (χ0v) is 25.0. The molecule has 0 spiro atoms. The van der Waals surface area contributed by atoms with Gasteiger partial charge in [0, 0.05) is 16.1 Å². The lowest BCUT2D eigenvalue weighted by Crippen LogP contribution is -2.39. The molecule has 0 bridgehead atoms. The summed E-state index contributed by atoms with van der Waals surface area (Å²) in [6, 6.07) is 16.6. The van der Waals surface area contributed by atoms with Crippen molar-refractivity contribution in [3.8, 4) is 11.3 Å². The SMILES string of the molecule is CCOC(=O)C1=C(C)N=c2s/c(=C\c3ccc(-c4ccc(Br)c(Cl)c4)o3)c(=O)n2C1c1ccc(C(C)C)cc1. The molecular formula is C30H26BrClN2O4S. The summed E-state index contributed by atoms with van der Waals surface area (Å²) in [4.78, 5) is 32.0. The molecule has 5 rings (SSSR count). The number of esters is 1. The highest BCUT2D eigenvalue weighted by Crippen LogP contribution is 2.32. The summed E-state index contributed by atoms with van der Waals surface area (Å²) < 4.78 is 14.2. The van der Waals surface area contributed by atoms with Gasteiger partial charge in [-0.25, -0.2) is 9.79 Å². The van der Waals surface area contributed by atoms with Gasteiger partial charge >= 0.3 is 5.97 Å². The highest BCUT2D eigenvalue weighted by Gasteiger charge is 2.33. The van der Waals surface area contributed by atoms with Crippen LogP contribution in [0.25, 0.3) is 17.4 Å². The van der Waals surface area contributed by atoms with Gasteiger partial charge < -0.3 is 9.15 Å². The van der Waals surface area contributed by atoms with Gasteiger partial charge in [0.25, 0.3) is 5.56 Å². The fourth-order valence-corrected chi connectivity index (χ4v) is 5.99. The number of hydrogen-bond acceptors (Lipinski definition) is 6. The Hall–Kier alpha value is -3.20. The van der Waals surface area contributed by atoms with Crippen molar-refractivity contribution in [1.82, 2.24) is 4.57 Å². The molecule has 0 fully saturated rings. The number of furan rings is 1. The first-order valence-corrected chi connectivity index (χ1v) is 14.5. The second-order valence-electron chi connectivity index (χ2n) is 9.45. The highest BCUT2D eigenvalue weighted by molar-refractivity contribution is 9.10. The van der Waals surface area contributed by atoms with Gasteiger partial charge in [-0.05, 0) is 71.1 Å². The predicted molar refractivity (Wildman–Crippen MR) is 158 cm³/mol. The Bertz CT molecular complexity index is 1780. The lowest BCUT2D eigenvalue weighted by molar-refractivity contribution is -0.139. The van der Waals surface area contributed by atoms with E-state index in [-0.39, 0.29) is 12.2 Å². The summed E-state index contributed by atoms with van der Waals surface area (Å²) >= 11 is 10.9. The molecule has 1 aliphatic rings. The number of ether oxygens (including phenoxy) is 1. The standard InChI is InChI=1S/C30H26BrClN2O4S/c1-5-37-29(36)26-17(4)33-30-34(27(26)19-8-6-18(7-9-19)16(2)3)28(35)25(39-30)15-21-11-13-24(38-21)20-10-12-22(31)23(32)14-20/h6-16,27H,5H2,1-4H3/b25-15-. The number of benzene rings is 2. The number of rotatable bonds is 6. The number of thiazole rings is 1. The molecule has 1 unspecified atom stereocenters. The molecule has 200 valence electrons. The van der Waals surface area contributed by atoms with E-state index in [2.05, 4.69) is 34.8 Å². The van der Waals surface area contributed by atoms with E-state index in [1.165, 1.54) is 16.9 Å². The zero-order chi connectivity index (χ0) is 27.8. The summed E-state index contributed by atoms with van der Waals surface area (Å²) in [5, 5.41) is 0.577. The largest absolute Gasteiger partial charge is 0.463 e. The Morgan fingerprint density at radius 3 is 2.62 bits per heavy atom. The number of carbonyl (C=O) groups is 1. The lowest BCUT2D eigenvalue weighted by Gasteiger charge is -2.25. The number of carbonyl (C=O) groups excluding carboxylic acids is 1. The molecule has 0 aliphatic carbocycles. The van der Waals surface area contributed by atoms with Crippen LogP contribution in [0.3, 0.4) is 0 Å². The third-order valence-corrected chi connectivity index (χ3v) is 8.76. The van der Waals surface area contributed by atoms with Crippen LogP contribution in [0.1, 0.15) is 56.5 Å². The van der Waals surface area contributed by atoms with Crippen molar-refractivity contribution in [3.63, 3.8) is 0 Å². The van der Waals surface area contributed by atoms with E-state index in [0.717, 1.165) is 15.6 Å². The molecule has 9 heteroatoms. The Kier molecular flexibility index (Phi) is 7.80. The first-order chi connectivity index (χ1) is 18.7. The van der Waals surface area contributed by atoms with E-state index in [9.17, 15) is 9.59 Å². The minimum absolute atomic E-state index is 0.226. The van der Waals surface area contributed by atoms with Crippen molar-refractivity contribution in [3.05, 3.63) is 112 Å². The monoisotopic (exact) mass is 624 g/mol. The van der Waals surface area contributed by atoms with Crippen molar-refractivity contribution in [2.45, 2.75) is 39.7 Å². The average molecular weight is 626 g/mol. The molecule has 0 saturated heterocycles. The molecule has 0 saturated carbocycles. The van der Waals surface area contributed by atoms with Gasteiger partial charge in [-0.2, -0.15) is 0 Å². The highest BCUT2D eigenvalue weighted by atomic mass is 79.9. The van der Waals surface area contributed by atoms with Crippen LogP contribution in [0.5, 0.6) is 0 Å². The second kappa shape index (κ2) is 11.1. The van der Waals surface area contributed by atoms with E-state index < -0.39 is 12.0 Å². The first kappa shape index (κ1) is 27.4. The Morgan fingerprint density at radius 1 is 1.21 bits per heavy atom. The summed E-state index contributed by atoms with van der Waals surface area (Å²) in [6.07, 6.45) is 1.70. The fraction of sp³-hybridized carbons (Fsp3) is 0.233. The maximum atomic E-state index is 13.8. The number of hydrogen-bond donors (Lipinski definition) is 0. The molecule has 1 atom stereocenters. The maximum Gasteiger partial charge on any atom is 0.338 e. The quantitative estimate of drug-likeness (QED) is 0.227. The first-order valence-electron chi connectivity index (χ1n) is 12.5. The number of halogens is 2. The molecule has 4 aromatic rings. The summed E-state index contributed by atoms with van der Waals surface area (Å²) in [6.45, 7) is 8.01. The Balaban J connectivity index is 1.62. The molecule has 0 radical (unpaired) electrons. The predicted octanol–water partition coefficient (Wildman–Crippen LogP) is 6.60. The third-order valence-electron chi connectivity index (χ3n) is 6.54. The van der Waals surface area contributed by atoms with Gasteiger partial charge in [0.05, 0.1) is 33.5 Å². The summed E-state index contributed by atoms with van der Waals surface area (Å²) in [7, 11) is 0. The summed E-state index contributed by atoms with van der Waals surface area (Å²) in [5.41, 5.74) is 3.45. The van der Waals surface area contributed by atoms with Crippen molar-refractivity contribution in [1.29, 1.82) is 0 Å². The number of allylic oxidation sites excluding steroid dienone is 1. The van der Waals surface area contributed by atoms with Gasteiger partial charge in [0.1, 0.15) is 11.5 Å². The van der Waals surface area contributed by atoms with Crippen LogP contribution in [0.2, 0.25) is 5.02 Å². The van der Waals surface area contributed by atoms with Gasteiger partial charge in [0.2, 0.25) is 0 Å². The number of aromatic nitrogens is 1. The molecule has 0 N–H and O–H groups in total. The molecule has 6 nitrogen and oxygen atoms in total. The molecule has 2 aromatic heterocycles. The third kappa shape index (κ3) is 5.33. The van der Waals surface area contributed by atoms with E-state index in [1.807, 2.05) is 48.5 Å². The van der Waals surface area contributed by atoms with E-state index in [1.54, 1.807) is 30.6 Å². The molecule has 3 heterocycles. The summed E-state index contributed by atoms with van der Waals surface area (Å²) in [5.74, 6) is 1.03. The maximum absolute atomic E-state index is 13.8. The van der Waals surface area contributed by atoms with Gasteiger partial charge in [-0.1, -0.05) is 67.1 Å². The smallest absolute Gasteiger partial charge is 0.338 e. The van der Waals surface area contributed by atoms with E-state index >= 15 is 0 Å². The Morgan fingerprint density at radius 2 is 1.95 bits per heavy atom. The second-order valence-corrected chi connectivity index (χ2v) is 11.7. The molecule has 2 aromatic carbocycles. The van der Waals surface area contributed by atoms with Crippen LogP contribution in [0, 0.1) is 0 Å². The minimum Gasteiger partial charge on any atom is -0.463 e. The van der Waals surface area contributed by atoms with E-state index in [0.29, 0.717) is 43.1 Å². The minimum atomic E-state index is -0.652. The van der Waals surface area contributed by atoms with Crippen molar-refractivity contribution in [2.75, 3.05) is 6.61 Å². The lowest BCUT2D eigenvalue weighted by atomic mass is 9.93. The van der Waals surface area contributed by atoms with Crippen molar-refractivity contribution < 1.29 is 13.9 Å². The van der Waals surface area contributed by atoms with Crippen LogP contribution in [0.4, 0.5) is 0 Å².